The van der Waals surface area contributed by atoms with Crippen molar-refractivity contribution in [2.45, 2.75) is 81.4 Å². The van der Waals surface area contributed by atoms with Crippen LogP contribution in [0.5, 0.6) is 5.88 Å². The van der Waals surface area contributed by atoms with Crippen LogP contribution in [0.4, 0.5) is 19.0 Å². The average molecular weight is 645 g/mol. The summed E-state index contributed by atoms with van der Waals surface area (Å²) in [5.41, 5.74) is -1.23. The summed E-state index contributed by atoms with van der Waals surface area (Å²) in [5.74, 6) is -0.100. The fourth-order valence-electron chi connectivity index (χ4n) is 6.05. The lowest BCUT2D eigenvalue weighted by Crippen LogP contribution is -2.41. The number of aryl methyl sites for hydroxylation is 1. The molecule has 2 fully saturated rings. The van der Waals surface area contributed by atoms with Crippen LogP contribution in [0.25, 0.3) is 5.82 Å². The van der Waals surface area contributed by atoms with Crippen LogP contribution in [0.2, 0.25) is 0 Å². The maximum Gasteiger partial charge on any atom is 0.394 e. The van der Waals surface area contributed by atoms with Gasteiger partial charge < -0.3 is 9.64 Å². The summed E-state index contributed by atoms with van der Waals surface area (Å²) < 4.78 is 75.6. The number of anilines is 1. The van der Waals surface area contributed by atoms with Gasteiger partial charge in [0.2, 0.25) is 5.88 Å². The highest BCUT2D eigenvalue weighted by molar-refractivity contribution is 7.90. The number of hydrogen-bond acceptors (Lipinski definition) is 8. The molecule has 6 rings (SSSR count). The molecule has 3 aromatic rings. The second kappa shape index (κ2) is 11.5. The fraction of sp³-hybridized carbons (Fsp3) is 0.484. The summed E-state index contributed by atoms with van der Waals surface area (Å²) >= 11 is 0. The molecule has 1 atom stereocenters. The lowest BCUT2D eigenvalue weighted by Gasteiger charge is -2.33. The number of fused-ring (bicyclic) bond motifs is 6. The van der Waals surface area contributed by atoms with E-state index in [0.29, 0.717) is 25.2 Å². The number of halogens is 3. The number of nitrogens with zero attached hydrogens (tertiary/aromatic N) is 5. The first kappa shape index (κ1) is 31.1. The Bertz CT molecular complexity index is 1730. The molecule has 1 saturated carbocycles. The topological polar surface area (TPSA) is 119 Å². The minimum absolute atomic E-state index is 0.00582. The molecular formula is C31H35F3N6O4S. The van der Waals surface area contributed by atoms with Gasteiger partial charge in [0.25, 0.3) is 15.9 Å². The van der Waals surface area contributed by atoms with Crippen LogP contribution in [-0.2, 0) is 16.4 Å². The third-order valence-electron chi connectivity index (χ3n) is 8.86. The van der Waals surface area contributed by atoms with E-state index in [4.69, 9.17) is 14.7 Å². The molecule has 1 aromatic carbocycles. The smallest absolute Gasteiger partial charge is 0.394 e. The molecule has 10 nitrogen and oxygen atoms in total. The molecule has 240 valence electrons. The van der Waals surface area contributed by atoms with Crippen molar-refractivity contribution in [3.8, 4) is 11.7 Å². The molecule has 3 aliphatic rings. The first-order chi connectivity index (χ1) is 21.3. The lowest BCUT2D eigenvalue weighted by molar-refractivity contribution is -0.190. The van der Waals surface area contributed by atoms with Crippen LogP contribution in [0.1, 0.15) is 68.3 Å². The number of amides is 1. The van der Waals surface area contributed by atoms with Crippen molar-refractivity contribution in [1.82, 2.24) is 19.5 Å². The summed E-state index contributed by atoms with van der Waals surface area (Å²) in [5, 5.41) is 4.34. The van der Waals surface area contributed by atoms with Crippen molar-refractivity contribution in [3.63, 3.8) is 0 Å². The quantitative estimate of drug-likeness (QED) is 0.403. The van der Waals surface area contributed by atoms with Crippen LogP contribution in [0.3, 0.4) is 0 Å². The Labute approximate surface area is 259 Å². The highest BCUT2D eigenvalue weighted by Crippen LogP contribution is 2.59. The maximum atomic E-state index is 13.6. The number of alkyl halides is 3. The zero-order chi connectivity index (χ0) is 32.0. The Hall–Kier alpha value is -3.94. The van der Waals surface area contributed by atoms with E-state index in [2.05, 4.69) is 9.82 Å². The van der Waals surface area contributed by atoms with Crippen LogP contribution < -0.4 is 14.4 Å². The fourth-order valence-corrected chi connectivity index (χ4v) is 7.08. The zero-order valence-corrected chi connectivity index (χ0v) is 25.9. The van der Waals surface area contributed by atoms with Crippen LogP contribution in [0.15, 0.2) is 58.5 Å². The van der Waals surface area contributed by atoms with Gasteiger partial charge in [0.05, 0.1) is 28.5 Å². The van der Waals surface area contributed by atoms with Gasteiger partial charge in [-0.15, -0.1) is 5.10 Å². The number of hydrogen-bond donors (Lipinski definition) is 1. The Morgan fingerprint density at radius 1 is 1.13 bits per heavy atom. The van der Waals surface area contributed by atoms with Gasteiger partial charge in [-0.25, -0.2) is 22.8 Å². The third kappa shape index (κ3) is 6.42. The molecule has 1 N–H and O–H groups in total. The summed E-state index contributed by atoms with van der Waals surface area (Å²) in [4.78, 5) is 25.1. The van der Waals surface area contributed by atoms with Crippen LogP contribution in [0, 0.1) is 5.41 Å². The van der Waals surface area contributed by atoms with E-state index >= 15 is 0 Å². The molecule has 0 spiro atoms. The minimum Gasteiger partial charge on any atom is -0.477 e. The van der Waals surface area contributed by atoms with Gasteiger partial charge in [-0.1, -0.05) is 12.1 Å². The van der Waals surface area contributed by atoms with E-state index in [0.717, 1.165) is 18.4 Å². The molecule has 4 bridgehead atoms. The molecule has 45 heavy (non-hydrogen) atoms. The number of ether oxygens (including phenoxy) is 1. The molecule has 2 aliphatic heterocycles. The minimum atomic E-state index is -4.25. The molecule has 0 radical (unpaired) electrons. The normalized spacial score (nSPS) is 22.0. The van der Waals surface area contributed by atoms with Gasteiger partial charge in [-0.05, 0) is 94.8 Å². The Balaban J connectivity index is 1.31. The average Bonchev–Trinajstić information content (AvgIpc) is 3.53. The monoisotopic (exact) mass is 644 g/mol. The van der Waals surface area contributed by atoms with Gasteiger partial charge in [-0.3, -0.25) is 9.79 Å². The summed E-state index contributed by atoms with van der Waals surface area (Å²) in [6, 6.07) is 11.0. The number of carbonyl (C=O) groups excluding carboxylic acids is 1. The largest absolute Gasteiger partial charge is 0.477 e. The van der Waals surface area contributed by atoms with E-state index in [1.54, 1.807) is 18.3 Å². The van der Waals surface area contributed by atoms with Crippen molar-refractivity contribution in [1.29, 1.82) is 0 Å². The van der Waals surface area contributed by atoms with Crippen molar-refractivity contribution < 1.29 is 31.1 Å². The molecule has 4 heterocycles. The first-order valence-electron chi connectivity index (χ1n) is 15.0. The molecule has 2 aromatic heterocycles. The molecular weight excluding hydrogens is 609 g/mol. The second-order valence-corrected chi connectivity index (χ2v) is 14.3. The molecule has 1 unspecified atom stereocenters. The number of benzene rings is 1. The van der Waals surface area contributed by atoms with Crippen molar-refractivity contribution in [3.05, 3.63) is 59.8 Å². The predicted molar refractivity (Wildman–Crippen MR) is 162 cm³/mol. The highest BCUT2D eigenvalue weighted by Gasteiger charge is 2.62. The Morgan fingerprint density at radius 2 is 1.93 bits per heavy atom. The molecule has 14 heteroatoms. The summed E-state index contributed by atoms with van der Waals surface area (Å²) in [7, 11) is -4.18. The number of rotatable bonds is 5. The molecule has 1 amide bonds. The van der Waals surface area contributed by atoms with Gasteiger partial charge in [0.1, 0.15) is 5.82 Å². The standard InChI is InChI=1S/C31H35F3N6O4S/c1-29(2)19-22-20-39(29)27-24(28(41)38-45(42,43)23-8-5-7-21(18-23)6-3-4-15-35-22)9-10-25(36-27)40-16-11-26(37-40)44-17-14-30(12-13-30)31(32,33)34/h5,7-11,15-16,18,22H,3-4,6,12-14,17,19-20H2,1-2H3,(H,38,41). The number of sulfonamides is 1. The van der Waals surface area contributed by atoms with Crippen LogP contribution >= 0.6 is 0 Å². The molecule has 1 saturated heterocycles. The summed E-state index contributed by atoms with van der Waals surface area (Å²) in [6.45, 7) is 4.36. The zero-order valence-electron chi connectivity index (χ0n) is 25.0. The Kier molecular flexibility index (Phi) is 7.90. The highest BCUT2D eigenvalue weighted by atomic mass is 32.2. The van der Waals surface area contributed by atoms with E-state index in [1.807, 2.05) is 31.0 Å². The molecule has 1 aliphatic carbocycles. The van der Waals surface area contributed by atoms with Crippen molar-refractivity contribution in [2.24, 2.45) is 10.4 Å². The SMILES string of the molecule is CC1(C)CC2CN1c1nc(-n3ccc(OCCC4(C(F)(F)F)CC4)n3)ccc1C(=O)NS(=O)(=O)c1cccc(c1)CCCC=N2. The summed E-state index contributed by atoms with van der Waals surface area (Å²) in [6.07, 6.45) is 2.20. The third-order valence-corrected chi connectivity index (χ3v) is 10.2. The second-order valence-electron chi connectivity index (χ2n) is 12.6. The van der Waals surface area contributed by atoms with Crippen molar-refractivity contribution in [2.75, 3.05) is 18.1 Å². The number of aromatic nitrogens is 3. The van der Waals surface area contributed by atoms with Gasteiger partial charge >= 0.3 is 6.18 Å². The van der Waals surface area contributed by atoms with Gasteiger partial charge in [-0.2, -0.15) is 13.2 Å². The van der Waals surface area contributed by atoms with E-state index in [9.17, 15) is 26.4 Å². The van der Waals surface area contributed by atoms with Gasteiger partial charge in [0, 0.05) is 24.3 Å². The number of nitrogens with one attached hydrogen (secondary N) is 1. The lowest BCUT2D eigenvalue weighted by atomic mass is 10.00. The number of carbonyl (C=O) groups is 1. The van der Waals surface area contributed by atoms with E-state index in [-0.39, 0.29) is 54.1 Å². The van der Waals surface area contributed by atoms with Crippen molar-refractivity contribution >= 4 is 28.0 Å². The first-order valence-corrected chi connectivity index (χ1v) is 16.5. The number of aliphatic imine (C=N–C) groups is 1. The Morgan fingerprint density at radius 3 is 2.69 bits per heavy atom. The van der Waals surface area contributed by atoms with Crippen LogP contribution in [-0.4, -0.2) is 66.2 Å². The number of pyridine rings is 1. The maximum absolute atomic E-state index is 13.6. The van der Waals surface area contributed by atoms with E-state index in [1.165, 1.54) is 28.9 Å². The van der Waals surface area contributed by atoms with E-state index < -0.39 is 33.1 Å². The van der Waals surface area contributed by atoms with Gasteiger partial charge in [0.15, 0.2) is 5.82 Å². The predicted octanol–water partition coefficient (Wildman–Crippen LogP) is 5.26.